The SMILES string of the molecule is O=C(CCN(CCO)CCO)c1ccc(Br)s1. The van der Waals surface area contributed by atoms with Crippen LogP contribution in [0.15, 0.2) is 15.9 Å². The molecule has 17 heavy (non-hydrogen) atoms. The molecule has 96 valence electrons. The summed E-state index contributed by atoms with van der Waals surface area (Å²) in [6.45, 7) is 1.62. The van der Waals surface area contributed by atoms with Gasteiger partial charge in [0.15, 0.2) is 5.78 Å². The van der Waals surface area contributed by atoms with Gasteiger partial charge in [-0.2, -0.15) is 0 Å². The lowest BCUT2D eigenvalue weighted by Gasteiger charge is -2.19. The minimum Gasteiger partial charge on any atom is -0.395 e. The maximum Gasteiger partial charge on any atom is 0.174 e. The predicted octanol–water partition coefficient (Wildman–Crippen LogP) is 1.37. The number of thiophene rings is 1. The molecule has 0 spiro atoms. The third kappa shape index (κ3) is 5.27. The fraction of sp³-hybridized carbons (Fsp3) is 0.545. The first-order chi connectivity index (χ1) is 8.17. The molecular formula is C11H16BrNO3S. The van der Waals surface area contributed by atoms with E-state index in [4.69, 9.17) is 10.2 Å². The highest BCUT2D eigenvalue weighted by molar-refractivity contribution is 9.11. The number of hydrogen-bond donors (Lipinski definition) is 2. The fourth-order valence-electron chi connectivity index (χ4n) is 1.47. The van der Waals surface area contributed by atoms with Crippen LogP contribution in [-0.2, 0) is 0 Å². The van der Waals surface area contributed by atoms with Gasteiger partial charge in [0, 0.05) is 26.1 Å². The van der Waals surface area contributed by atoms with E-state index in [0.717, 1.165) is 8.66 Å². The van der Waals surface area contributed by atoms with Crippen LogP contribution in [0.4, 0.5) is 0 Å². The van der Waals surface area contributed by atoms with Gasteiger partial charge in [-0.3, -0.25) is 9.69 Å². The van der Waals surface area contributed by atoms with Crippen LogP contribution in [0.2, 0.25) is 0 Å². The molecule has 0 saturated carbocycles. The molecule has 1 heterocycles. The van der Waals surface area contributed by atoms with Gasteiger partial charge in [-0.15, -0.1) is 11.3 Å². The second kappa shape index (κ2) is 7.94. The van der Waals surface area contributed by atoms with Crippen LogP contribution in [-0.4, -0.2) is 53.7 Å². The zero-order valence-electron chi connectivity index (χ0n) is 9.43. The van der Waals surface area contributed by atoms with Gasteiger partial charge in [-0.25, -0.2) is 0 Å². The molecule has 0 radical (unpaired) electrons. The zero-order valence-corrected chi connectivity index (χ0v) is 11.8. The zero-order chi connectivity index (χ0) is 12.7. The second-order valence-electron chi connectivity index (χ2n) is 3.57. The summed E-state index contributed by atoms with van der Waals surface area (Å²) in [5.74, 6) is 0.0987. The Labute approximate surface area is 113 Å². The van der Waals surface area contributed by atoms with Crippen molar-refractivity contribution in [1.29, 1.82) is 0 Å². The number of carbonyl (C=O) groups is 1. The van der Waals surface area contributed by atoms with Gasteiger partial charge >= 0.3 is 0 Å². The molecule has 0 saturated heterocycles. The lowest BCUT2D eigenvalue weighted by Crippen LogP contribution is -2.31. The molecule has 0 atom stereocenters. The summed E-state index contributed by atoms with van der Waals surface area (Å²) in [7, 11) is 0. The average molecular weight is 322 g/mol. The summed E-state index contributed by atoms with van der Waals surface area (Å²) < 4.78 is 0.948. The van der Waals surface area contributed by atoms with Crippen molar-refractivity contribution >= 4 is 33.0 Å². The molecule has 0 aromatic carbocycles. The molecule has 0 aliphatic carbocycles. The Morgan fingerprint density at radius 2 is 1.88 bits per heavy atom. The summed E-state index contributed by atoms with van der Waals surface area (Å²) in [5.41, 5.74) is 0. The van der Waals surface area contributed by atoms with Crippen LogP contribution in [0.3, 0.4) is 0 Å². The molecule has 0 aliphatic heterocycles. The first-order valence-corrected chi connectivity index (χ1v) is 7.01. The molecule has 1 aromatic heterocycles. The largest absolute Gasteiger partial charge is 0.395 e. The van der Waals surface area contributed by atoms with Crippen molar-refractivity contribution in [1.82, 2.24) is 4.90 Å². The number of hydrogen-bond acceptors (Lipinski definition) is 5. The van der Waals surface area contributed by atoms with Crippen molar-refractivity contribution in [2.45, 2.75) is 6.42 Å². The van der Waals surface area contributed by atoms with Crippen molar-refractivity contribution in [2.24, 2.45) is 0 Å². The van der Waals surface area contributed by atoms with Crippen LogP contribution in [0.5, 0.6) is 0 Å². The number of halogens is 1. The summed E-state index contributed by atoms with van der Waals surface area (Å²) in [6.07, 6.45) is 0.410. The minimum atomic E-state index is 0.0404. The highest BCUT2D eigenvalue weighted by atomic mass is 79.9. The van der Waals surface area contributed by atoms with E-state index in [9.17, 15) is 4.79 Å². The Bertz CT molecular complexity index is 350. The number of carbonyl (C=O) groups excluding carboxylic acids is 1. The summed E-state index contributed by atoms with van der Waals surface area (Å²) in [5, 5.41) is 17.7. The summed E-state index contributed by atoms with van der Waals surface area (Å²) in [6, 6.07) is 3.66. The Kier molecular flexibility index (Phi) is 6.91. The molecule has 1 aromatic rings. The normalized spacial score (nSPS) is 11.1. The van der Waals surface area contributed by atoms with Gasteiger partial charge in [0.2, 0.25) is 0 Å². The first kappa shape index (κ1) is 14.8. The maximum absolute atomic E-state index is 11.8. The number of ketones is 1. The van der Waals surface area contributed by atoms with Crippen LogP contribution in [0.25, 0.3) is 0 Å². The van der Waals surface area contributed by atoms with Gasteiger partial charge in [0.25, 0.3) is 0 Å². The average Bonchev–Trinajstić information content (AvgIpc) is 2.73. The van der Waals surface area contributed by atoms with Gasteiger partial charge in [-0.1, -0.05) is 0 Å². The van der Waals surface area contributed by atoms with E-state index in [0.29, 0.717) is 26.1 Å². The van der Waals surface area contributed by atoms with E-state index in [1.807, 2.05) is 11.0 Å². The molecule has 4 nitrogen and oxygen atoms in total. The molecule has 0 aliphatic rings. The second-order valence-corrected chi connectivity index (χ2v) is 6.03. The van der Waals surface area contributed by atoms with Gasteiger partial charge in [-0.05, 0) is 28.1 Å². The van der Waals surface area contributed by atoms with E-state index in [1.54, 1.807) is 6.07 Å². The quantitative estimate of drug-likeness (QED) is 0.710. The number of rotatable bonds is 8. The lowest BCUT2D eigenvalue weighted by molar-refractivity contribution is 0.0950. The van der Waals surface area contributed by atoms with Gasteiger partial charge in [0.1, 0.15) is 0 Å². The third-order valence-electron chi connectivity index (χ3n) is 2.34. The van der Waals surface area contributed by atoms with Crippen molar-refractivity contribution in [3.8, 4) is 0 Å². The number of aliphatic hydroxyl groups is 2. The van der Waals surface area contributed by atoms with Crippen molar-refractivity contribution in [3.63, 3.8) is 0 Å². The molecule has 0 amide bonds. The molecule has 0 bridgehead atoms. The predicted molar refractivity (Wildman–Crippen MR) is 71.6 cm³/mol. The van der Waals surface area contributed by atoms with Crippen molar-refractivity contribution in [2.75, 3.05) is 32.8 Å². The van der Waals surface area contributed by atoms with E-state index < -0.39 is 0 Å². The van der Waals surface area contributed by atoms with E-state index in [1.165, 1.54) is 11.3 Å². The Morgan fingerprint density at radius 3 is 2.35 bits per heavy atom. The highest BCUT2D eigenvalue weighted by Crippen LogP contribution is 2.23. The van der Waals surface area contributed by atoms with Crippen LogP contribution < -0.4 is 0 Å². The van der Waals surface area contributed by atoms with Crippen LogP contribution in [0, 0.1) is 0 Å². The van der Waals surface area contributed by atoms with E-state index >= 15 is 0 Å². The number of Topliss-reactive ketones (excluding diaryl/α,β-unsaturated/α-hetero) is 1. The summed E-state index contributed by atoms with van der Waals surface area (Å²) in [4.78, 5) is 14.4. The molecular weight excluding hydrogens is 306 g/mol. The minimum absolute atomic E-state index is 0.0404. The first-order valence-electron chi connectivity index (χ1n) is 5.40. The molecule has 6 heteroatoms. The highest BCUT2D eigenvalue weighted by Gasteiger charge is 2.11. The third-order valence-corrected chi connectivity index (χ3v) is 4.00. The molecule has 0 unspecified atom stereocenters. The standard InChI is InChI=1S/C11H16BrNO3S/c12-11-2-1-10(17-11)9(16)3-4-13(5-7-14)6-8-15/h1-2,14-15H,3-8H2. The van der Waals surface area contributed by atoms with Crippen LogP contribution >= 0.6 is 27.3 Å². The van der Waals surface area contributed by atoms with Crippen molar-refractivity contribution < 1.29 is 15.0 Å². The van der Waals surface area contributed by atoms with Crippen molar-refractivity contribution in [3.05, 3.63) is 20.8 Å². The topological polar surface area (TPSA) is 60.8 Å². The molecule has 2 N–H and O–H groups in total. The lowest BCUT2D eigenvalue weighted by atomic mass is 10.2. The molecule has 0 fully saturated rings. The van der Waals surface area contributed by atoms with Gasteiger partial charge in [0.05, 0.1) is 21.9 Å². The van der Waals surface area contributed by atoms with Crippen LogP contribution in [0.1, 0.15) is 16.1 Å². The molecule has 1 rings (SSSR count). The van der Waals surface area contributed by atoms with Gasteiger partial charge < -0.3 is 10.2 Å². The Hall–Kier alpha value is -0.270. The Morgan fingerprint density at radius 1 is 1.24 bits per heavy atom. The smallest absolute Gasteiger partial charge is 0.174 e. The maximum atomic E-state index is 11.8. The monoisotopic (exact) mass is 321 g/mol. The Balaban J connectivity index is 2.40. The number of aliphatic hydroxyl groups excluding tert-OH is 2. The van der Waals surface area contributed by atoms with E-state index in [-0.39, 0.29) is 19.0 Å². The number of nitrogens with zero attached hydrogens (tertiary/aromatic N) is 1. The summed E-state index contributed by atoms with van der Waals surface area (Å²) >= 11 is 4.74. The van der Waals surface area contributed by atoms with E-state index in [2.05, 4.69) is 15.9 Å². The fourth-order valence-corrected chi connectivity index (χ4v) is 2.82.